The maximum atomic E-state index is 13.7. The van der Waals surface area contributed by atoms with Crippen molar-refractivity contribution in [2.24, 2.45) is 29.1 Å². The molecule has 9 nitrogen and oxygen atoms in total. The van der Waals surface area contributed by atoms with Gasteiger partial charge in [0.05, 0.1) is 12.0 Å². The van der Waals surface area contributed by atoms with Gasteiger partial charge in [0.25, 0.3) is 0 Å². The van der Waals surface area contributed by atoms with Crippen LogP contribution in [0.5, 0.6) is 0 Å². The molecule has 1 aliphatic carbocycles. The lowest BCUT2D eigenvalue weighted by Gasteiger charge is -2.36. The van der Waals surface area contributed by atoms with Crippen LogP contribution in [0.3, 0.4) is 0 Å². The van der Waals surface area contributed by atoms with Crippen LogP contribution < -0.4 is 16.0 Å². The fourth-order valence-electron chi connectivity index (χ4n) is 5.76. The molecular weight excluding hydrogens is 524 g/mol. The Labute approximate surface area is 214 Å². The lowest BCUT2D eigenvalue weighted by atomic mass is 9.92. The molecule has 3 N–H and O–H groups in total. The second-order valence-corrected chi connectivity index (χ2v) is 10.6. The minimum Gasteiger partial charge on any atom is -0.356 e. The highest BCUT2D eigenvalue weighted by molar-refractivity contribution is 5.94. The lowest BCUT2D eigenvalue weighted by Crippen LogP contribution is -2.61. The number of fused-ring (bicyclic) bond motifs is 1. The standard InChI is InChI=1S/C23H29F6N5O4/c1-4-12(22(24,25)26)15(33-20(38)23(27,28)29)19(37)34-9-13-14(21(13,2)3)16(34)18(36)32-11(8-30)7-10-5-6-31-17(10)35/h10-16H,4-7,9H2,1-3H3,(H,31,35)(H,32,36)(H,33,38)/t10-,11?,12?,13-,14-,15?,16-/m0/s1. The number of nitriles is 1. The Morgan fingerprint density at radius 2 is 1.82 bits per heavy atom. The number of nitrogens with zero attached hydrogens (tertiary/aromatic N) is 2. The number of likely N-dealkylation sites (tertiary alicyclic amines) is 1. The highest BCUT2D eigenvalue weighted by Gasteiger charge is 2.70. The Hall–Kier alpha value is -3.05. The maximum absolute atomic E-state index is 13.7. The Bertz CT molecular complexity index is 1020. The molecule has 3 unspecified atom stereocenters. The van der Waals surface area contributed by atoms with Gasteiger partial charge in [-0.1, -0.05) is 20.8 Å². The first-order valence-electron chi connectivity index (χ1n) is 12.2. The first kappa shape index (κ1) is 29.5. The minimum atomic E-state index is -5.54. The van der Waals surface area contributed by atoms with Gasteiger partial charge < -0.3 is 20.9 Å². The summed E-state index contributed by atoms with van der Waals surface area (Å²) in [6.07, 6.45) is -11.1. The third-order valence-corrected chi connectivity index (χ3v) is 7.99. The van der Waals surface area contributed by atoms with Crippen LogP contribution in [0.2, 0.25) is 0 Å². The number of piperidine rings is 1. The first-order valence-corrected chi connectivity index (χ1v) is 12.2. The number of carbonyl (C=O) groups is 4. The summed E-state index contributed by atoms with van der Waals surface area (Å²) in [4.78, 5) is 50.9. The van der Waals surface area contributed by atoms with Gasteiger partial charge in [-0.2, -0.15) is 31.6 Å². The van der Waals surface area contributed by atoms with Crippen LogP contribution in [-0.2, 0) is 19.2 Å². The van der Waals surface area contributed by atoms with Gasteiger partial charge in [0.15, 0.2) is 0 Å². The number of rotatable bonds is 8. The Kier molecular flexibility index (Phi) is 7.96. The number of hydrogen-bond acceptors (Lipinski definition) is 5. The summed E-state index contributed by atoms with van der Waals surface area (Å²) in [5.41, 5.74) is -0.495. The first-order chi connectivity index (χ1) is 17.4. The van der Waals surface area contributed by atoms with Crippen molar-refractivity contribution >= 4 is 23.6 Å². The van der Waals surface area contributed by atoms with Crippen LogP contribution in [0.25, 0.3) is 0 Å². The number of alkyl halides is 6. The van der Waals surface area contributed by atoms with Crippen LogP contribution >= 0.6 is 0 Å². The number of amides is 4. The molecule has 15 heteroatoms. The van der Waals surface area contributed by atoms with E-state index in [4.69, 9.17) is 0 Å². The second kappa shape index (κ2) is 10.3. The van der Waals surface area contributed by atoms with Gasteiger partial charge in [-0.3, -0.25) is 19.2 Å². The summed E-state index contributed by atoms with van der Waals surface area (Å²) in [7, 11) is 0. The molecule has 4 amide bonds. The molecule has 0 aromatic rings. The summed E-state index contributed by atoms with van der Waals surface area (Å²) < 4.78 is 79.9. The van der Waals surface area contributed by atoms with Crippen molar-refractivity contribution in [3.8, 4) is 6.07 Å². The Balaban J connectivity index is 1.87. The molecule has 2 heterocycles. The zero-order chi connectivity index (χ0) is 28.8. The van der Waals surface area contributed by atoms with E-state index in [1.165, 1.54) is 5.32 Å². The molecule has 2 aliphatic heterocycles. The van der Waals surface area contributed by atoms with Crippen molar-refractivity contribution in [1.82, 2.24) is 20.9 Å². The van der Waals surface area contributed by atoms with Gasteiger partial charge in [-0.05, 0) is 36.5 Å². The summed E-state index contributed by atoms with van der Waals surface area (Å²) in [5, 5.41) is 15.8. The van der Waals surface area contributed by atoms with Crippen LogP contribution in [0, 0.1) is 40.4 Å². The molecule has 212 valence electrons. The zero-order valence-electron chi connectivity index (χ0n) is 20.9. The van der Waals surface area contributed by atoms with Crippen molar-refractivity contribution in [2.75, 3.05) is 13.1 Å². The molecule has 0 aromatic carbocycles. The van der Waals surface area contributed by atoms with Crippen molar-refractivity contribution < 1.29 is 45.5 Å². The van der Waals surface area contributed by atoms with E-state index >= 15 is 0 Å². The van der Waals surface area contributed by atoms with Crippen LogP contribution in [0.4, 0.5) is 26.3 Å². The summed E-state index contributed by atoms with van der Waals surface area (Å²) in [6, 6.07) is -3.26. The number of halogens is 6. The van der Waals surface area contributed by atoms with Gasteiger partial charge >= 0.3 is 18.3 Å². The van der Waals surface area contributed by atoms with E-state index in [-0.39, 0.29) is 24.8 Å². The molecular formula is C23H29F6N5O4. The number of nitrogens with one attached hydrogen (secondary N) is 3. The van der Waals surface area contributed by atoms with Crippen LogP contribution in [-0.4, -0.2) is 72.1 Å². The average Bonchev–Trinajstić information content (AvgIpc) is 3.16. The van der Waals surface area contributed by atoms with E-state index in [1.807, 2.05) is 6.07 Å². The van der Waals surface area contributed by atoms with Gasteiger partial charge in [-0.25, -0.2) is 0 Å². The highest BCUT2D eigenvalue weighted by atomic mass is 19.4. The molecule has 3 fully saturated rings. The lowest BCUT2D eigenvalue weighted by molar-refractivity contribution is -0.195. The average molecular weight is 554 g/mol. The number of carbonyl (C=O) groups excluding carboxylic acids is 4. The quantitative estimate of drug-likeness (QED) is 0.394. The smallest absolute Gasteiger partial charge is 0.356 e. The monoisotopic (exact) mass is 553 g/mol. The molecule has 0 spiro atoms. The van der Waals surface area contributed by atoms with E-state index in [2.05, 4.69) is 10.6 Å². The van der Waals surface area contributed by atoms with Crippen molar-refractivity contribution in [1.29, 1.82) is 5.26 Å². The maximum Gasteiger partial charge on any atom is 0.471 e. The SMILES string of the molecule is CCC(C(NC(=O)C(F)(F)F)C(=O)N1C[C@H]2[C@@H]([C@H]1C(=O)NC(C#N)C[C@@H]1CCNC1=O)C2(C)C)C(F)(F)F. The predicted octanol–water partition coefficient (Wildman–Crippen LogP) is 1.64. The molecule has 0 bridgehead atoms. The van der Waals surface area contributed by atoms with Gasteiger partial charge in [0, 0.05) is 19.0 Å². The number of hydrogen-bond donors (Lipinski definition) is 3. The summed E-state index contributed by atoms with van der Waals surface area (Å²) in [6.45, 7) is 4.78. The van der Waals surface area contributed by atoms with Gasteiger partial charge in [0.1, 0.15) is 18.1 Å². The molecule has 0 radical (unpaired) electrons. The predicted molar refractivity (Wildman–Crippen MR) is 117 cm³/mol. The Morgan fingerprint density at radius 3 is 2.29 bits per heavy atom. The highest BCUT2D eigenvalue weighted by Crippen LogP contribution is 2.65. The third kappa shape index (κ3) is 5.68. The molecule has 0 aromatic heterocycles. The second-order valence-electron chi connectivity index (χ2n) is 10.6. The van der Waals surface area contributed by atoms with Gasteiger partial charge in [-0.15, -0.1) is 0 Å². The van der Waals surface area contributed by atoms with Crippen molar-refractivity contribution in [3.05, 3.63) is 0 Å². The minimum absolute atomic E-state index is 0.0253. The third-order valence-electron chi connectivity index (χ3n) is 7.99. The molecule has 2 saturated heterocycles. The fourth-order valence-corrected chi connectivity index (χ4v) is 5.76. The fraction of sp³-hybridized carbons (Fsp3) is 0.783. The zero-order valence-corrected chi connectivity index (χ0v) is 20.9. The van der Waals surface area contributed by atoms with Gasteiger partial charge in [0.2, 0.25) is 17.7 Å². The van der Waals surface area contributed by atoms with Crippen LogP contribution in [0.15, 0.2) is 0 Å². The van der Waals surface area contributed by atoms with E-state index in [9.17, 15) is 50.8 Å². The summed E-state index contributed by atoms with van der Waals surface area (Å²) in [5.74, 6) is -9.34. The molecule has 1 saturated carbocycles. The topological polar surface area (TPSA) is 131 Å². The molecule has 3 rings (SSSR count). The molecule has 7 atom stereocenters. The molecule has 3 aliphatic rings. The van der Waals surface area contributed by atoms with E-state index < -0.39 is 77.8 Å². The van der Waals surface area contributed by atoms with E-state index in [0.29, 0.717) is 13.0 Å². The van der Waals surface area contributed by atoms with E-state index in [1.54, 1.807) is 13.8 Å². The summed E-state index contributed by atoms with van der Waals surface area (Å²) >= 11 is 0. The van der Waals surface area contributed by atoms with E-state index in [0.717, 1.165) is 11.8 Å². The molecule has 38 heavy (non-hydrogen) atoms. The van der Waals surface area contributed by atoms with Crippen LogP contribution in [0.1, 0.15) is 40.0 Å². The normalized spacial score (nSPS) is 28.4. The Morgan fingerprint density at radius 1 is 1.18 bits per heavy atom. The van der Waals surface area contributed by atoms with Crippen molar-refractivity contribution in [3.63, 3.8) is 0 Å². The largest absolute Gasteiger partial charge is 0.471 e. The van der Waals surface area contributed by atoms with Crippen molar-refractivity contribution in [2.45, 2.75) is 70.5 Å².